The summed E-state index contributed by atoms with van der Waals surface area (Å²) in [5, 5.41) is 20.9. The second kappa shape index (κ2) is 7.57. The highest BCUT2D eigenvalue weighted by Gasteiger charge is 2.35. The number of rotatable bonds is 3. The fourth-order valence-electron chi connectivity index (χ4n) is 4.71. The molecule has 0 bridgehead atoms. The average molecular weight is 426 g/mol. The number of carboxylic acids is 1. The molecule has 160 valence electrons. The van der Waals surface area contributed by atoms with Crippen molar-refractivity contribution in [3.8, 4) is 5.75 Å². The van der Waals surface area contributed by atoms with Gasteiger partial charge in [0.05, 0.1) is 17.2 Å². The van der Waals surface area contributed by atoms with E-state index in [4.69, 9.17) is 0 Å². The van der Waals surface area contributed by atoms with Gasteiger partial charge in [0.2, 0.25) is 0 Å². The Hall–Kier alpha value is -4.06. The van der Waals surface area contributed by atoms with Gasteiger partial charge in [0, 0.05) is 23.1 Å². The maximum absolute atomic E-state index is 13.5. The minimum Gasteiger partial charge on any atom is -0.507 e. The van der Waals surface area contributed by atoms with Crippen molar-refractivity contribution in [2.75, 3.05) is 6.54 Å². The molecule has 1 unspecified atom stereocenters. The molecule has 3 N–H and O–H groups in total. The number of para-hydroxylation sites is 2. The SMILES string of the molecule is Cc1cc(C2c3[nH]c4ccccc4c3CCN2C(=O)c2ccccc2O)ccc1C(=O)O. The number of carbonyl (C=O) groups excluding carboxylic acids is 1. The standard InChI is InChI=1S/C26H22N2O4/c1-15-14-16(10-11-17(15)26(31)32)24-23-19(18-6-2-4-8-21(18)27-23)12-13-28(24)25(30)20-7-3-5-9-22(20)29/h2-11,14,24,27,29H,12-13H2,1H3,(H,31,32). The summed E-state index contributed by atoms with van der Waals surface area (Å²) in [6, 6.07) is 19.3. The van der Waals surface area contributed by atoms with Crippen LogP contribution in [0.3, 0.4) is 0 Å². The lowest BCUT2D eigenvalue weighted by Crippen LogP contribution is -2.40. The van der Waals surface area contributed by atoms with Crippen LogP contribution in [0.2, 0.25) is 0 Å². The Labute approximate surface area is 184 Å². The third kappa shape index (κ3) is 3.12. The number of aromatic carboxylic acids is 1. The summed E-state index contributed by atoms with van der Waals surface area (Å²) in [6.07, 6.45) is 0.682. The lowest BCUT2D eigenvalue weighted by Gasteiger charge is -2.36. The largest absolute Gasteiger partial charge is 0.507 e. The van der Waals surface area contributed by atoms with Gasteiger partial charge in [0.15, 0.2) is 0 Å². The highest BCUT2D eigenvalue weighted by molar-refractivity contribution is 5.98. The van der Waals surface area contributed by atoms with Crippen LogP contribution in [-0.2, 0) is 6.42 Å². The lowest BCUT2D eigenvalue weighted by molar-refractivity contribution is 0.0679. The molecular weight excluding hydrogens is 404 g/mol. The van der Waals surface area contributed by atoms with Crippen LogP contribution in [0.15, 0.2) is 66.7 Å². The van der Waals surface area contributed by atoms with Crippen LogP contribution in [0, 0.1) is 6.92 Å². The van der Waals surface area contributed by atoms with Crippen molar-refractivity contribution in [2.24, 2.45) is 0 Å². The first-order valence-electron chi connectivity index (χ1n) is 10.5. The summed E-state index contributed by atoms with van der Waals surface area (Å²) >= 11 is 0. The molecule has 3 aromatic carbocycles. The van der Waals surface area contributed by atoms with Crippen molar-refractivity contribution in [2.45, 2.75) is 19.4 Å². The van der Waals surface area contributed by atoms with Gasteiger partial charge in [-0.3, -0.25) is 4.79 Å². The number of aromatic hydroxyl groups is 1. The molecule has 1 amide bonds. The summed E-state index contributed by atoms with van der Waals surface area (Å²) in [6.45, 7) is 2.24. The highest BCUT2D eigenvalue weighted by Crippen LogP contribution is 2.40. The van der Waals surface area contributed by atoms with Gasteiger partial charge in [0.25, 0.3) is 5.91 Å². The minimum atomic E-state index is -0.980. The zero-order chi connectivity index (χ0) is 22.4. The Morgan fingerprint density at radius 2 is 1.75 bits per heavy atom. The van der Waals surface area contributed by atoms with Crippen LogP contribution in [0.4, 0.5) is 0 Å². The van der Waals surface area contributed by atoms with E-state index in [0.717, 1.165) is 27.7 Å². The van der Waals surface area contributed by atoms with Crippen molar-refractivity contribution in [3.05, 3.63) is 100 Å². The van der Waals surface area contributed by atoms with E-state index in [2.05, 4.69) is 11.1 Å². The first kappa shape index (κ1) is 19.9. The van der Waals surface area contributed by atoms with Gasteiger partial charge in [-0.15, -0.1) is 0 Å². The molecule has 6 nitrogen and oxygen atoms in total. The number of H-pyrrole nitrogens is 1. The Bertz CT molecular complexity index is 1370. The number of carboxylic acid groups (broad SMARTS) is 1. The van der Waals surface area contributed by atoms with Crippen LogP contribution in [-0.4, -0.2) is 38.5 Å². The predicted molar refractivity (Wildman–Crippen MR) is 121 cm³/mol. The van der Waals surface area contributed by atoms with E-state index in [1.54, 1.807) is 42.2 Å². The molecule has 1 aliphatic rings. The molecular formula is C26H22N2O4. The number of aromatic amines is 1. The number of benzene rings is 3. The van der Waals surface area contributed by atoms with Gasteiger partial charge in [-0.25, -0.2) is 4.79 Å². The van der Waals surface area contributed by atoms with Gasteiger partial charge in [-0.1, -0.05) is 42.5 Å². The van der Waals surface area contributed by atoms with Crippen LogP contribution in [0.25, 0.3) is 10.9 Å². The smallest absolute Gasteiger partial charge is 0.335 e. The highest BCUT2D eigenvalue weighted by atomic mass is 16.4. The van der Waals surface area contributed by atoms with Gasteiger partial charge >= 0.3 is 5.97 Å². The molecule has 1 aliphatic heterocycles. The zero-order valence-electron chi connectivity index (χ0n) is 17.5. The quantitative estimate of drug-likeness (QED) is 0.444. The minimum absolute atomic E-state index is 0.0592. The Morgan fingerprint density at radius 1 is 1.00 bits per heavy atom. The molecule has 0 radical (unpaired) electrons. The summed E-state index contributed by atoms with van der Waals surface area (Å²) in [4.78, 5) is 30.3. The Morgan fingerprint density at radius 3 is 2.50 bits per heavy atom. The maximum Gasteiger partial charge on any atom is 0.335 e. The van der Waals surface area contributed by atoms with Crippen LogP contribution in [0.5, 0.6) is 5.75 Å². The van der Waals surface area contributed by atoms with Gasteiger partial charge in [-0.2, -0.15) is 0 Å². The molecule has 32 heavy (non-hydrogen) atoms. The number of amides is 1. The van der Waals surface area contributed by atoms with Crippen LogP contribution < -0.4 is 0 Å². The van der Waals surface area contributed by atoms with Crippen molar-refractivity contribution >= 4 is 22.8 Å². The van der Waals surface area contributed by atoms with Crippen LogP contribution in [0.1, 0.15) is 49.1 Å². The van der Waals surface area contributed by atoms with E-state index in [1.165, 1.54) is 6.07 Å². The maximum atomic E-state index is 13.5. The third-order valence-corrected chi connectivity index (χ3v) is 6.23. The fraction of sp³-hybridized carbons (Fsp3) is 0.154. The number of nitrogens with zero attached hydrogens (tertiary/aromatic N) is 1. The summed E-state index contributed by atoms with van der Waals surface area (Å²) < 4.78 is 0. The van der Waals surface area contributed by atoms with Gasteiger partial charge < -0.3 is 20.1 Å². The number of hydrogen-bond donors (Lipinski definition) is 3. The Kier molecular flexibility index (Phi) is 4.70. The van der Waals surface area contributed by atoms with E-state index in [1.807, 2.05) is 24.3 Å². The van der Waals surface area contributed by atoms with E-state index in [-0.39, 0.29) is 22.8 Å². The normalized spacial score (nSPS) is 15.5. The van der Waals surface area contributed by atoms with Crippen molar-refractivity contribution in [3.63, 3.8) is 0 Å². The molecule has 0 saturated heterocycles. The second-order valence-corrected chi connectivity index (χ2v) is 8.11. The Balaban J connectivity index is 1.69. The van der Waals surface area contributed by atoms with E-state index >= 15 is 0 Å². The number of aryl methyl sites for hydroxylation is 1. The van der Waals surface area contributed by atoms with Crippen LogP contribution >= 0.6 is 0 Å². The number of carbonyl (C=O) groups is 2. The molecule has 0 saturated carbocycles. The molecule has 5 rings (SSSR count). The van der Waals surface area contributed by atoms with Gasteiger partial charge in [0.1, 0.15) is 5.75 Å². The molecule has 6 heteroatoms. The molecule has 0 fully saturated rings. The number of fused-ring (bicyclic) bond motifs is 3. The lowest BCUT2D eigenvalue weighted by atomic mass is 9.90. The molecule has 1 aromatic heterocycles. The first-order chi connectivity index (χ1) is 15.5. The van der Waals surface area contributed by atoms with Crippen molar-refractivity contribution in [1.29, 1.82) is 0 Å². The van der Waals surface area contributed by atoms with E-state index in [9.17, 15) is 19.8 Å². The van der Waals surface area contributed by atoms with Gasteiger partial charge in [-0.05, 0) is 54.3 Å². The number of nitrogens with one attached hydrogen (secondary N) is 1. The summed E-state index contributed by atoms with van der Waals surface area (Å²) in [7, 11) is 0. The number of hydrogen-bond acceptors (Lipinski definition) is 3. The molecule has 4 aromatic rings. The fourth-order valence-corrected chi connectivity index (χ4v) is 4.71. The summed E-state index contributed by atoms with van der Waals surface area (Å²) in [5.74, 6) is -1.31. The van der Waals surface area contributed by atoms with E-state index in [0.29, 0.717) is 18.5 Å². The molecule has 1 atom stereocenters. The number of phenols is 1. The van der Waals surface area contributed by atoms with Crippen molar-refractivity contribution in [1.82, 2.24) is 9.88 Å². The zero-order valence-corrected chi connectivity index (χ0v) is 17.5. The predicted octanol–water partition coefficient (Wildman–Crippen LogP) is 4.67. The number of phenolic OH excluding ortho intramolecular Hbond substituents is 1. The third-order valence-electron chi connectivity index (χ3n) is 6.23. The van der Waals surface area contributed by atoms with Crippen molar-refractivity contribution < 1.29 is 19.8 Å². The number of aromatic nitrogens is 1. The molecule has 0 spiro atoms. The molecule has 0 aliphatic carbocycles. The topological polar surface area (TPSA) is 93.6 Å². The summed E-state index contributed by atoms with van der Waals surface area (Å²) in [5.41, 5.74) is 5.02. The first-order valence-corrected chi connectivity index (χ1v) is 10.5. The van der Waals surface area contributed by atoms with E-state index < -0.39 is 12.0 Å². The molecule has 2 heterocycles. The second-order valence-electron chi connectivity index (χ2n) is 8.11. The monoisotopic (exact) mass is 426 g/mol. The average Bonchev–Trinajstić information content (AvgIpc) is 3.16.